The van der Waals surface area contributed by atoms with Crippen LogP contribution in [0.1, 0.15) is 41.6 Å². The number of rotatable bonds is 7. The minimum Gasteiger partial charge on any atom is -0.488 e. The third-order valence-corrected chi connectivity index (χ3v) is 4.64. The molecule has 1 aliphatic heterocycles. The van der Waals surface area contributed by atoms with Crippen molar-refractivity contribution in [2.45, 2.75) is 45.6 Å². The molecule has 4 heteroatoms. The second-order valence-electron chi connectivity index (χ2n) is 6.72. The van der Waals surface area contributed by atoms with Crippen LogP contribution >= 0.6 is 0 Å². The van der Waals surface area contributed by atoms with Gasteiger partial charge in [0.1, 0.15) is 11.9 Å². The maximum atomic E-state index is 9.30. The Morgan fingerprint density at radius 2 is 2.16 bits per heavy atom. The molecule has 25 heavy (non-hydrogen) atoms. The maximum absolute atomic E-state index is 9.30. The van der Waals surface area contributed by atoms with E-state index in [-0.39, 0.29) is 18.8 Å². The molecule has 0 amide bonds. The number of benzene rings is 2. The van der Waals surface area contributed by atoms with Crippen molar-refractivity contribution >= 4 is 0 Å². The Labute approximate surface area is 149 Å². The summed E-state index contributed by atoms with van der Waals surface area (Å²) >= 11 is 0. The average Bonchev–Trinajstić information content (AvgIpc) is 3.14. The van der Waals surface area contributed by atoms with E-state index >= 15 is 0 Å². The van der Waals surface area contributed by atoms with Crippen LogP contribution in [-0.4, -0.2) is 24.4 Å². The van der Waals surface area contributed by atoms with Crippen molar-refractivity contribution in [3.63, 3.8) is 0 Å². The molecule has 1 aliphatic rings. The molecule has 2 aromatic carbocycles. The van der Waals surface area contributed by atoms with Crippen LogP contribution < -0.4 is 10.1 Å². The summed E-state index contributed by atoms with van der Waals surface area (Å²) in [4.78, 5) is 0. The molecule has 0 aliphatic carbocycles. The Morgan fingerprint density at radius 3 is 2.92 bits per heavy atom. The fraction of sp³-hybridized carbons (Fsp3) is 0.429. The second-order valence-corrected chi connectivity index (χ2v) is 6.72. The lowest BCUT2D eigenvalue weighted by Gasteiger charge is -2.19. The first-order chi connectivity index (χ1) is 12.2. The number of aliphatic hydroxyl groups excluding tert-OH is 1. The molecule has 2 unspecified atom stereocenters. The van der Waals surface area contributed by atoms with E-state index in [0.717, 1.165) is 36.4 Å². The monoisotopic (exact) mass is 341 g/mol. The zero-order valence-corrected chi connectivity index (χ0v) is 15.0. The molecule has 1 fully saturated rings. The molecule has 3 rings (SSSR count). The van der Waals surface area contributed by atoms with Gasteiger partial charge in [0, 0.05) is 24.6 Å². The van der Waals surface area contributed by atoms with Crippen LogP contribution in [0.3, 0.4) is 0 Å². The highest BCUT2D eigenvalue weighted by atomic mass is 16.5. The normalized spacial score (nSPS) is 18.3. The van der Waals surface area contributed by atoms with E-state index in [1.807, 2.05) is 18.2 Å². The molecule has 134 valence electrons. The predicted octanol–water partition coefficient (Wildman–Crippen LogP) is 3.51. The summed E-state index contributed by atoms with van der Waals surface area (Å²) in [6.07, 6.45) is 1.10. The quantitative estimate of drug-likeness (QED) is 0.809. The molecule has 0 saturated carbocycles. The molecular formula is C21H27NO3. The number of hydrogen-bond acceptors (Lipinski definition) is 4. The molecule has 1 heterocycles. The highest BCUT2D eigenvalue weighted by molar-refractivity contribution is 5.37. The van der Waals surface area contributed by atoms with Gasteiger partial charge in [-0.3, -0.25) is 0 Å². The lowest BCUT2D eigenvalue weighted by atomic mass is 10.0. The van der Waals surface area contributed by atoms with Gasteiger partial charge < -0.3 is 19.9 Å². The van der Waals surface area contributed by atoms with Crippen molar-refractivity contribution in [1.82, 2.24) is 5.32 Å². The Hall–Kier alpha value is -1.88. The van der Waals surface area contributed by atoms with Gasteiger partial charge in [-0.05, 0) is 36.6 Å². The molecule has 0 spiro atoms. The van der Waals surface area contributed by atoms with Gasteiger partial charge in [0.15, 0.2) is 0 Å². The third kappa shape index (κ3) is 4.82. The standard InChI is InChI=1S/C21H27NO3/c1-15-6-7-19(21(10-15)25-20-8-9-24-14-20)12-22-16(2)18-5-3-4-17(11-18)13-23/h3-7,10-11,16,20,22-23H,8-9,12-14H2,1-2H3. The Morgan fingerprint density at radius 1 is 1.28 bits per heavy atom. The van der Waals surface area contributed by atoms with E-state index in [9.17, 15) is 5.11 Å². The lowest BCUT2D eigenvalue weighted by Crippen LogP contribution is -2.21. The number of nitrogens with one attached hydrogen (secondary N) is 1. The van der Waals surface area contributed by atoms with Crippen LogP contribution in [0, 0.1) is 6.92 Å². The summed E-state index contributed by atoms with van der Waals surface area (Å²) in [5.41, 5.74) is 4.46. The van der Waals surface area contributed by atoms with Crippen molar-refractivity contribution in [2.24, 2.45) is 0 Å². The van der Waals surface area contributed by atoms with Crippen LogP contribution in [0.4, 0.5) is 0 Å². The van der Waals surface area contributed by atoms with E-state index in [1.165, 1.54) is 11.1 Å². The Bertz CT molecular complexity index is 695. The van der Waals surface area contributed by atoms with Crippen molar-refractivity contribution < 1.29 is 14.6 Å². The molecule has 4 nitrogen and oxygen atoms in total. The van der Waals surface area contributed by atoms with E-state index in [4.69, 9.17) is 9.47 Å². The fourth-order valence-corrected chi connectivity index (χ4v) is 3.04. The SMILES string of the molecule is Cc1ccc(CNC(C)c2cccc(CO)c2)c(OC2CCOC2)c1. The van der Waals surface area contributed by atoms with Crippen LogP contribution in [0.5, 0.6) is 5.75 Å². The number of aryl methyl sites for hydroxylation is 1. The predicted molar refractivity (Wildman–Crippen MR) is 98.7 cm³/mol. The summed E-state index contributed by atoms with van der Waals surface area (Å²) in [5, 5.41) is 12.9. The van der Waals surface area contributed by atoms with Gasteiger partial charge in [-0.2, -0.15) is 0 Å². The fourth-order valence-electron chi connectivity index (χ4n) is 3.04. The van der Waals surface area contributed by atoms with Crippen LogP contribution in [0.2, 0.25) is 0 Å². The van der Waals surface area contributed by atoms with E-state index in [0.29, 0.717) is 6.61 Å². The summed E-state index contributed by atoms with van der Waals surface area (Å²) < 4.78 is 11.6. The van der Waals surface area contributed by atoms with Crippen LogP contribution in [0.15, 0.2) is 42.5 Å². The van der Waals surface area contributed by atoms with Crippen LogP contribution in [-0.2, 0) is 17.9 Å². The summed E-state index contributed by atoms with van der Waals surface area (Å²) in [6, 6.07) is 14.6. The first kappa shape index (κ1) is 17.9. The highest BCUT2D eigenvalue weighted by Crippen LogP contribution is 2.25. The van der Waals surface area contributed by atoms with Gasteiger partial charge in [0.25, 0.3) is 0 Å². The van der Waals surface area contributed by atoms with E-state index < -0.39 is 0 Å². The van der Waals surface area contributed by atoms with Crippen molar-refractivity contribution in [3.8, 4) is 5.75 Å². The number of ether oxygens (including phenoxy) is 2. The molecule has 2 aromatic rings. The minimum absolute atomic E-state index is 0.0694. The number of aliphatic hydroxyl groups is 1. The van der Waals surface area contributed by atoms with Gasteiger partial charge in [0.2, 0.25) is 0 Å². The molecule has 0 aromatic heterocycles. The maximum Gasteiger partial charge on any atom is 0.124 e. The molecule has 0 bridgehead atoms. The van der Waals surface area contributed by atoms with Gasteiger partial charge in [-0.25, -0.2) is 0 Å². The van der Waals surface area contributed by atoms with Gasteiger partial charge in [-0.1, -0.05) is 36.4 Å². The average molecular weight is 341 g/mol. The zero-order chi connectivity index (χ0) is 17.6. The Kier molecular flexibility index (Phi) is 6.08. The second kappa shape index (κ2) is 8.48. The zero-order valence-electron chi connectivity index (χ0n) is 15.0. The summed E-state index contributed by atoms with van der Waals surface area (Å²) in [5.74, 6) is 0.944. The summed E-state index contributed by atoms with van der Waals surface area (Å²) in [6.45, 7) is 6.47. The van der Waals surface area contributed by atoms with Crippen molar-refractivity contribution in [3.05, 3.63) is 64.7 Å². The minimum atomic E-state index is 0.0694. The van der Waals surface area contributed by atoms with Crippen LogP contribution in [0.25, 0.3) is 0 Å². The third-order valence-electron chi connectivity index (χ3n) is 4.64. The lowest BCUT2D eigenvalue weighted by molar-refractivity contribution is 0.140. The topological polar surface area (TPSA) is 50.7 Å². The smallest absolute Gasteiger partial charge is 0.124 e. The van der Waals surface area contributed by atoms with E-state index in [2.05, 4.69) is 43.4 Å². The van der Waals surface area contributed by atoms with Crippen molar-refractivity contribution in [1.29, 1.82) is 0 Å². The van der Waals surface area contributed by atoms with Gasteiger partial charge in [-0.15, -0.1) is 0 Å². The summed E-state index contributed by atoms with van der Waals surface area (Å²) in [7, 11) is 0. The largest absolute Gasteiger partial charge is 0.488 e. The molecule has 1 saturated heterocycles. The highest BCUT2D eigenvalue weighted by Gasteiger charge is 2.19. The number of hydrogen-bond donors (Lipinski definition) is 2. The molecular weight excluding hydrogens is 314 g/mol. The molecule has 2 N–H and O–H groups in total. The first-order valence-electron chi connectivity index (χ1n) is 8.92. The van der Waals surface area contributed by atoms with E-state index in [1.54, 1.807) is 0 Å². The first-order valence-corrected chi connectivity index (χ1v) is 8.92. The van der Waals surface area contributed by atoms with Crippen molar-refractivity contribution in [2.75, 3.05) is 13.2 Å². The van der Waals surface area contributed by atoms with Gasteiger partial charge in [0.05, 0.1) is 19.8 Å². The Balaban J connectivity index is 1.67. The molecule has 0 radical (unpaired) electrons. The van der Waals surface area contributed by atoms with Gasteiger partial charge >= 0.3 is 0 Å². The molecule has 2 atom stereocenters.